The van der Waals surface area contributed by atoms with Gasteiger partial charge in [-0.3, -0.25) is 4.79 Å². The van der Waals surface area contributed by atoms with Gasteiger partial charge in [-0.05, 0) is 0 Å². The molecule has 0 aromatic heterocycles. The van der Waals surface area contributed by atoms with Gasteiger partial charge in [0.15, 0.2) is 17.4 Å². The number of benzene rings is 1. The molecule has 1 aliphatic rings. The van der Waals surface area contributed by atoms with Gasteiger partial charge in [-0.25, -0.2) is 8.78 Å². The van der Waals surface area contributed by atoms with Crippen molar-refractivity contribution in [3.8, 4) is 5.75 Å². The van der Waals surface area contributed by atoms with E-state index in [1.54, 1.807) is 0 Å². The van der Waals surface area contributed by atoms with Gasteiger partial charge in [-0.15, -0.1) is 0 Å². The quantitative estimate of drug-likeness (QED) is 0.461. The highest BCUT2D eigenvalue weighted by molar-refractivity contribution is 5.49. The summed E-state index contributed by atoms with van der Waals surface area (Å²) in [6.45, 7) is 0.251. The number of likely N-dealkylation sites (tertiary alicyclic amines) is 1. The molecule has 1 aromatic rings. The predicted octanol–water partition coefficient (Wildman–Crippen LogP) is 1.46. The molecule has 0 saturated carbocycles. The van der Waals surface area contributed by atoms with E-state index < -0.39 is 35.1 Å². The van der Waals surface area contributed by atoms with E-state index in [0.717, 1.165) is 0 Å². The van der Waals surface area contributed by atoms with Gasteiger partial charge in [0.25, 0.3) is 0 Å². The van der Waals surface area contributed by atoms with Crippen LogP contribution in [0.3, 0.4) is 0 Å². The molecule has 92 valence electrons. The predicted molar refractivity (Wildman–Crippen MR) is 48.3 cm³/mol. The summed E-state index contributed by atoms with van der Waals surface area (Å²) in [6, 6.07) is 0.107. The van der Waals surface area contributed by atoms with Gasteiger partial charge in [-0.2, -0.15) is 8.78 Å². The fraction of sp³-hybridized carbons (Fsp3) is 0.300. The minimum absolute atomic E-state index is 0.107. The summed E-state index contributed by atoms with van der Waals surface area (Å²) in [5.41, 5.74) is 0. The lowest BCUT2D eigenvalue weighted by Gasteiger charge is -2.36. The third-order valence-corrected chi connectivity index (χ3v) is 2.38. The van der Waals surface area contributed by atoms with Gasteiger partial charge in [0.1, 0.15) is 6.10 Å². The fourth-order valence-electron chi connectivity index (χ4n) is 1.45. The van der Waals surface area contributed by atoms with Crippen LogP contribution in [0.1, 0.15) is 0 Å². The second-order valence-corrected chi connectivity index (χ2v) is 3.60. The molecule has 0 radical (unpaired) electrons. The molecule has 0 aliphatic carbocycles. The molecule has 0 bridgehead atoms. The lowest BCUT2D eigenvalue weighted by atomic mass is 10.2. The van der Waals surface area contributed by atoms with Crippen LogP contribution < -0.4 is 4.74 Å². The molecule has 2 rings (SSSR count). The Balaban J connectivity index is 2.18. The minimum Gasteiger partial charge on any atom is -0.480 e. The third kappa shape index (κ3) is 2.04. The van der Waals surface area contributed by atoms with Crippen molar-refractivity contribution in [1.29, 1.82) is 0 Å². The summed E-state index contributed by atoms with van der Waals surface area (Å²) in [6.07, 6.45) is -0.121. The van der Waals surface area contributed by atoms with E-state index in [-0.39, 0.29) is 19.2 Å². The lowest BCUT2D eigenvalue weighted by Crippen LogP contribution is -2.53. The molecule has 1 aliphatic heterocycles. The second kappa shape index (κ2) is 4.23. The molecule has 1 fully saturated rings. The molecule has 0 spiro atoms. The first-order chi connectivity index (χ1) is 8.02. The maximum atomic E-state index is 13.2. The third-order valence-electron chi connectivity index (χ3n) is 2.38. The zero-order chi connectivity index (χ0) is 12.6. The number of carbonyl (C=O) groups is 1. The van der Waals surface area contributed by atoms with Crippen molar-refractivity contribution < 1.29 is 27.1 Å². The molecule has 0 unspecified atom stereocenters. The molecule has 0 atom stereocenters. The first kappa shape index (κ1) is 11.7. The van der Waals surface area contributed by atoms with E-state index in [1.807, 2.05) is 0 Å². The van der Waals surface area contributed by atoms with E-state index in [4.69, 9.17) is 4.74 Å². The average Bonchev–Trinajstić information content (AvgIpc) is 2.24. The second-order valence-electron chi connectivity index (χ2n) is 3.60. The Morgan fingerprint density at radius 1 is 1.18 bits per heavy atom. The molecule has 3 nitrogen and oxygen atoms in total. The van der Waals surface area contributed by atoms with Crippen LogP contribution in [0.25, 0.3) is 0 Å². The fourth-order valence-corrected chi connectivity index (χ4v) is 1.45. The van der Waals surface area contributed by atoms with Gasteiger partial charge >= 0.3 is 0 Å². The Morgan fingerprint density at radius 2 is 1.71 bits per heavy atom. The Bertz CT molecular complexity index is 434. The molecule has 1 saturated heterocycles. The van der Waals surface area contributed by atoms with E-state index in [2.05, 4.69) is 0 Å². The first-order valence-electron chi connectivity index (χ1n) is 4.72. The number of hydrogen-bond donors (Lipinski definition) is 0. The maximum Gasteiger partial charge on any atom is 0.209 e. The van der Waals surface area contributed by atoms with Gasteiger partial charge in [-0.1, -0.05) is 0 Å². The summed E-state index contributed by atoms with van der Waals surface area (Å²) in [7, 11) is 0. The largest absolute Gasteiger partial charge is 0.480 e. The molecule has 0 N–H and O–H groups in total. The zero-order valence-electron chi connectivity index (χ0n) is 8.42. The van der Waals surface area contributed by atoms with E-state index in [0.29, 0.717) is 6.41 Å². The van der Waals surface area contributed by atoms with Crippen molar-refractivity contribution in [2.75, 3.05) is 13.1 Å². The first-order valence-corrected chi connectivity index (χ1v) is 4.72. The van der Waals surface area contributed by atoms with Crippen molar-refractivity contribution in [2.45, 2.75) is 6.10 Å². The molecule has 1 aromatic carbocycles. The number of halogens is 4. The standard InChI is InChI=1S/C10H7F4NO2/c11-6-1-7(12)9(14)10(8(6)13)17-5-2-15(3-5)4-16/h1,4-5H,2-3H2. The smallest absolute Gasteiger partial charge is 0.209 e. The Kier molecular flexibility index (Phi) is 2.91. The van der Waals surface area contributed by atoms with Crippen molar-refractivity contribution in [3.63, 3.8) is 0 Å². The minimum atomic E-state index is -1.58. The summed E-state index contributed by atoms with van der Waals surface area (Å²) in [5.74, 6) is -7.28. The Morgan fingerprint density at radius 3 is 2.18 bits per heavy atom. The van der Waals surface area contributed by atoms with E-state index in [1.165, 1.54) is 4.90 Å². The number of ether oxygens (including phenoxy) is 1. The molecule has 7 heteroatoms. The number of rotatable bonds is 3. The lowest BCUT2D eigenvalue weighted by molar-refractivity contribution is -0.126. The van der Waals surface area contributed by atoms with Crippen LogP contribution in [0.15, 0.2) is 6.07 Å². The SMILES string of the molecule is O=CN1CC(Oc2c(F)c(F)cc(F)c2F)C1. The molecule has 1 heterocycles. The summed E-state index contributed by atoms with van der Waals surface area (Å²) >= 11 is 0. The number of hydrogen-bond acceptors (Lipinski definition) is 2. The zero-order valence-corrected chi connectivity index (χ0v) is 8.42. The van der Waals surface area contributed by atoms with Crippen LogP contribution in [-0.4, -0.2) is 30.5 Å². The summed E-state index contributed by atoms with van der Waals surface area (Å²) < 4.78 is 56.7. The molecule has 17 heavy (non-hydrogen) atoms. The number of carbonyl (C=O) groups excluding carboxylic acids is 1. The van der Waals surface area contributed by atoms with E-state index in [9.17, 15) is 22.4 Å². The van der Waals surface area contributed by atoms with Crippen LogP contribution in [0.4, 0.5) is 17.6 Å². The summed E-state index contributed by atoms with van der Waals surface area (Å²) in [5, 5.41) is 0. The van der Waals surface area contributed by atoms with Crippen LogP contribution in [0.2, 0.25) is 0 Å². The van der Waals surface area contributed by atoms with Crippen molar-refractivity contribution in [2.24, 2.45) is 0 Å². The van der Waals surface area contributed by atoms with Gasteiger partial charge in [0.2, 0.25) is 18.0 Å². The van der Waals surface area contributed by atoms with E-state index >= 15 is 0 Å². The number of amides is 1. The number of nitrogens with zero attached hydrogens (tertiary/aromatic N) is 1. The van der Waals surface area contributed by atoms with Crippen LogP contribution >= 0.6 is 0 Å². The Labute approximate surface area is 93.6 Å². The molecular formula is C10H7F4NO2. The highest BCUT2D eigenvalue weighted by atomic mass is 19.2. The topological polar surface area (TPSA) is 29.5 Å². The maximum absolute atomic E-state index is 13.2. The van der Waals surface area contributed by atoms with Gasteiger partial charge in [0, 0.05) is 6.07 Å². The van der Waals surface area contributed by atoms with Crippen molar-refractivity contribution in [1.82, 2.24) is 4.90 Å². The van der Waals surface area contributed by atoms with Crippen molar-refractivity contribution in [3.05, 3.63) is 29.3 Å². The van der Waals surface area contributed by atoms with Gasteiger partial charge < -0.3 is 9.64 Å². The Hall–Kier alpha value is -1.79. The normalized spacial score (nSPS) is 15.6. The van der Waals surface area contributed by atoms with Gasteiger partial charge in [0.05, 0.1) is 13.1 Å². The van der Waals surface area contributed by atoms with Crippen LogP contribution in [-0.2, 0) is 4.79 Å². The highest BCUT2D eigenvalue weighted by Gasteiger charge is 2.30. The van der Waals surface area contributed by atoms with Crippen molar-refractivity contribution >= 4 is 6.41 Å². The monoisotopic (exact) mass is 249 g/mol. The summed E-state index contributed by atoms with van der Waals surface area (Å²) in [4.78, 5) is 11.5. The van der Waals surface area contributed by atoms with Crippen LogP contribution in [0.5, 0.6) is 5.75 Å². The molecule has 1 amide bonds. The van der Waals surface area contributed by atoms with Crippen LogP contribution in [0, 0.1) is 23.3 Å². The average molecular weight is 249 g/mol. The highest BCUT2D eigenvalue weighted by Crippen LogP contribution is 2.28. The molecular weight excluding hydrogens is 242 g/mol.